The Hall–Kier alpha value is -3.44. The molecule has 0 saturated carbocycles. The van der Waals surface area contributed by atoms with Crippen molar-refractivity contribution in [3.05, 3.63) is 35.5 Å². The molecule has 1 aromatic carbocycles. The van der Waals surface area contributed by atoms with Crippen LogP contribution in [0.15, 0.2) is 24.4 Å². The van der Waals surface area contributed by atoms with Gasteiger partial charge in [-0.15, -0.1) is 0 Å². The van der Waals surface area contributed by atoms with E-state index in [1.807, 2.05) is 21.7 Å². The van der Waals surface area contributed by atoms with Gasteiger partial charge in [-0.05, 0) is 18.6 Å². The second-order valence-corrected chi connectivity index (χ2v) is 8.63. The van der Waals surface area contributed by atoms with Gasteiger partial charge in [-0.2, -0.15) is 10.1 Å². The molecule has 0 unspecified atom stereocenters. The number of anilines is 2. The number of nitrogens with one attached hydrogen (secondary N) is 1. The summed E-state index contributed by atoms with van der Waals surface area (Å²) >= 11 is 0. The number of ether oxygens (including phenoxy) is 1. The first-order chi connectivity index (χ1) is 17.0. The van der Waals surface area contributed by atoms with E-state index < -0.39 is 0 Å². The van der Waals surface area contributed by atoms with E-state index in [2.05, 4.69) is 32.2 Å². The molecular weight excluding hydrogens is 448 g/mol. The van der Waals surface area contributed by atoms with Crippen molar-refractivity contribution in [1.29, 1.82) is 0 Å². The number of nitrogens with two attached hydrogens (primary N) is 1. The van der Waals surface area contributed by atoms with Crippen molar-refractivity contribution in [2.45, 2.75) is 26.3 Å². The molecule has 2 aromatic heterocycles. The minimum atomic E-state index is -0.0191. The molecule has 1 fully saturated rings. The Balaban J connectivity index is 1.54. The zero-order chi connectivity index (χ0) is 24.8. The molecule has 1 aliphatic heterocycles. The summed E-state index contributed by atoms with van der Waals surface area (Å²) in [5.41, 5.74) is 8.82. The zero-order valence-electron chi connectivity index (χ0n) is 20.4. The monoisotopic (exact) mass is 482 g/mol. The fourth-order valence-electron chi connectivity index (χ4n) is 4.31. The number of aliphatic hydroxyl groups excluding tert-OH is 1. The third-order valence-corrected chi connectivity index (χ3v) is 6.26. The summed E-state index contributed by atoms with van der Waals surface area (Å²) in [4.78, 5) is 25.8. The summed E-state index contributed by atoms with van der Waals surface area (Å²) < 4.78 is 7.47. The summed E-state index contributed by atoms with van der Waals surface area (Å²) in [5, 5.41) is 17.0. The molecule has 11 nitrogen and oxygen atoms in total. The Bertz CT molecular complexity index is 1160. The van der Waals surface area contributed by atoms with Crippen molar-refractivity contribution < 1.29 is 14.6 Å². The average molecular weight is 483 g/mol. The number of unbranched alkanes of at least 4 members (excludes halogenated alkanes) is 1. The van der Waals surface area contributed by atoms with Crippen LogP contribution in [0.25, 0.3) is 11.0 Å². The number of carbonyl (C=O) groups is 1. The van der Waals surface area contributed by atoms with Crippen molar-refractivity contribution in [1.82, 2.24) is 29.5 Å². The number of hydrogen-bond acceptors (Lipinski definition) is 9. The maximum Gasteiger partial charge on any atom is 0.254 e. The minimum absolute atomic E-state index is 0.0191. The number of nitrogen functional groups attached to an aromatic ring is 1. The lowest BCUT2D eigenvalue weighted by molar-refractivity contribution is 0.0614. The van der Waals surface area contributed by atoms with Crippen LogP contribution in [0.1, 0.15) is 35.7 Å². The van der Waals surface area contributed by atoms with E-state index >= 15 is 0 Å². The number of aliphatic hydroxyl groups is 1. The van der Waals surface area contributed by atoms with Crippen molar-refractivity contribution in [2.75, 3.05) is 64.0 Å². The largest absolute Gasteiger partial charge is 0.496 e. The number of aromatic nitrogens is 4. The second kappa shape index (κ2) is 11.3. The molecule has 188 valence electrons. The van der Waals surface area contributed by atoms with Gasteiger partial charge < -0.3 is 25.8 Å². The van der Waals surface area contributed by atoms with Crippen LogP contribution < -0.4 is 15.8 Å². The topological polar surface area (TPSA) is 135 Å². The molecule has 4 rings (SSSR count). The van der Waals surface area contributed by atoms with E-state index in [-0.39, 0.29) is 18.5 Å². The molecule has 4 N–H and O–H groups in total. The van der Waals surface area contributed by atoms with Gasteiger partial charge in [0.2, 0.25) is 5.95 Å². The van der Waals surface area contributed by atoms with Crippen LogP contribution in [0.3, 0.4) is 0 Å². The molecule has 0 bridgehead atoms. The first-order valence-electron chi connectivity index (χ1n) is 12.1. The van der Waals surface area contributed by atoms with E-state index in [0.29, 0.717) is 48.8 Å². The van der Waals surface area contributed by atoms with Crippen LogP contribution in [0.4, 0.5) is 11.8 Å². The molecule has 35 heavy (non-hydrogen) atoms. The predicted molar refractivity (Wildman–Crippen MR) is 135 cm³/mol. The van der Waals surface area contributed by atoms with Crippen LogP contribution >= 0.6 is 0 Å². The van der Waals surface area contributed by atoms with Gasteiger partial charge in [0.05, 0.1) is 26.5 Å². The molecule has 1 amide bonds. The van der Waals surface area contributed by atoms with Gasteiger partial charge in [0, 0.05) is 50.4 Å². The Morgan fingerprint density at radius 3 is 2.74 bits per heavy atom. The number of hydrogen-bond donors (Lipinski definition) is 3. The molecule has 1 saturated heterocycles. The molecule has 3 heterocycles. The summed E-state index contributed by atoms with van der Waals surface area (Å²) in [6, 6.07) is 5.53. The number of rotatable bonds is 10. The minimum Gasteiger partial charge on any atom is -0.496 e. The van der Waals surface area contributed by atoms with Crippen LogP contribution in [-0.2, 0) is 6.54 Å². The highest BCUT2D eigenvalue weighted by molar-refractivity contribution is 5.95. The van der Waals surface area contributed by atoms with Gasteiger partial charge in [-0.25, -0.2) is 4.98 Å². The molecule has 1 aliphatic rings. The zero-order valence-corrected chi connectivity index (χ0v) is 20.4. The number of amides is 1. The fraction of sp³-hybridized carbons (Fsp3) is 0.500. The highest BCUT2D eigenvalue weighted by atomic mass is 16.5. The maximum atomic E-state index is 13.1. The number of benzene rings is 1. The summed E-state index contributed by atoms with van der Waals surface area (Å²) in [6.45, 7) is 6.91. The highest BCUT2D eigenvalue weighted by Crippen LogP contribution is 2.26. The van der Waals surface area contributed by atoms with Crippen molar-refractivity contribution >= 4 is 28.7 Å². The second-order valence-electron chi connectivity index (χ2n) is 8.63. The van der Waals surface area contributed by atoms with Gasteiger partial charge in [0.25, 0.3) is 5.91 Å². The Morgan fingerprint density at radius 1 is 1.23 bits per heavy atom. The van der Waals surface area contributed by atoms with Gasteiger partial charge >= 0.3 is 0 Å². The Labute approximate surface area is 204 Å². The normalized spacial score (nSPS) is 14.4. The number of methoxy groups -OCH3 is 1. The van der Waals surface area contributed by atoms with E-state index in [9.17, 15) is 4.79 Å². The molecule has 3 aromatic rings. The van der Waals surface area contributed by atoms with Crippen LogP contribution in [0, 0.1) is 0 Å². The molecule has 0 aliphatic carbocycles. The van der Waals surface area contributed by atoms with Crippen molar-refractivity contribution in [2.24, 2.45) is 0 Å². The van der Waals surface area contributed by atoms with Gasteiger partial charge in [-0.3, -0.25) is 14.4 Å². The lowest BCUT2D eigenvalue weighted by Crippen LogP contribution is -2.49. The highest BCUT2D eigenvalue weighted by Gasteiger charge is 2.23. The Morgan fingerprint density at radius 2 is 2.03 bits per heavy atom. The first-order valence-corrected chi connectivity index (χ1v) is 12.1. The lowest BCUT2D eigenvalue weighted by Gasteiger charge is -2.34. The van der Waals surface area contributed by atoms with E-state index in [4.69, 9.17) is 15.6 Å². The number of fused-ring (bicyclic) bond motifs is 1. The van der Waals surface area contributed by atoms with Crippen LogP contribution in [0.2, 0.25) is 0 Å². The molecule has 11 heteroatoms. The number of nitrogens with zero attached hydrogens (tertiary/aromatic N) is 6. The van der Waals surface area contributed by atoms with E-state index in [0.717, 1.165) is 43.6 Å². The van der Waals surface area contributed by atoms with Crippen molar-refractivity contribution in [3.8, 4) is 5.75 Å². The van der Waals surface area contributed by atoms with Gasteiger partial charge in [0.15, 0.2) is 5.82 Å². The molecule has 0 spiro atoms. The molecule has 0 atom stereocenters. The number of piperazine rings is 1. The van der Waals surface area contributed by atoms with Crippen LogP contribution in [0.5, 0.6) is 5.75 Å². The third-order valence-electron chi connectivity index (χ3n) is 6.26. The number of β-amino-alcohol motifs (C(OH)–C–C–N with tert-alkyl or cyclic N) is 1. The van der Waals surface area contributed by atoms with Crippen molar-refractivity contribution in [3.63, 3.8) is 0 Å². The lowest BCUT2D eigenvalue weighted by atomic mass is 10.1. The van der Waals surface area contributed by atoms with Gasteiger partial charge in [-0.1, -0.05) is 19.4 Å². The Kier molecular flexibility index (Phi) is 7.98. The van der Waals surface area contributed by atoms with E-state index in [1.54, 1.807) is 19.4 Å². The summed E-state index contributed by atoms with van der Waals surface area (Å²) in [5.74, 6) is 1.46. The fourth-order valence-corrected chi connectivity index (χ4v) is 4.31. The van der Waals surface area contributed by atoms with Gasteiger partial charge in [0.1, 0.15) is 16.8 Å². The summed E-state index contributed by atoms with van der Waals surface area (Å²) in [6.07, 6.45) is 3.76. The number of carbonyl (C=O) groups excluding carboxylic acids is 1. The smallest absolute Gasteiger partial charge is 0.254 e. The summed E-state index contributed by atoms with van der Waals surface area (Å²) in [7, 11) is 1.60. The first kappa shape index (κ1) is 24.7. The average Bonchev–Trinajstić information content (AvgIpc) is 3.27. The maximum absolute atomic E-state index is 13.1. The standard InChI is InChI=1S/C24H34N8O3/c1-3-4-7-26-22-21-19(28-24(25)29-22)15-27-32(21)16-18-6-5-17(14-20(18)35-2)23(34)31-10-8-30(9-11-31)12-13-33/h5-6,14-15,33H,3-4,7-13,16H2,1-2H3,(H3,25,26,28,29). The quantitative estimate of drug-likeness (QED) is 0.367. The third kappa shape index (κ3) is 5.63. The van der Waals surface area contributed by atoms with E-state index in [1.165, 1.54) is 0 Å². The SMILES string of the molecule is CCCCNc1nc(N)nc2cnn(Cc3ccc(C(=O)N4CCN(CCO)CC4)cc3OC)c12. The molecule has 0 radical (unpaired) electrons. The predicted octanol–water partition coefficient (Wildman–Crippen LogP) is 1.43. The molecular formula is C24H34N8O3. The van der Waals surface area contributed by atoms with Crippen LogP contribution in [-0.4, -0.2) is 93.5 Å².